The zero-order chi connectivity index (χ0) is 20.5. The van der Waals surface area contributed by atoms with E-state index in [-0.39, 0.29) is 23.3 Å². The Morgan fingerprint density at radius 1 is 0.964 bits per heavy atom. The van der Waals surface area contributed by atoms with Crippen molar-refractivity contribution in [3.8, 4) is 5.75 Å². The first-order chi connectivity index (χ1) is 13.0. The highest BCUT2D eigenvalue weighted by Crippen LogP contribution is 2.31. The van der Waals surface area contributed by atoms with Crippen LogP contribution in [0.4, 0.5) is 5.13 Å². The number of thiazole rings is 1. The molecule has 28 heavy (non-hydrogen) atoms. The molecule has 0 spiro atoms. The van der Waals surface area contributed by atoms with Gasteiger partial charge in [0.15, 0.2) is 11.7 Å². The van der Waals surface area contributed by atoms with Crippen LogP contribution in [-0.2, 0) is 15.6 Å². The van der Waals surface area contributed by atoms with Crippen molar-refractivity contribution in [1.29, 1.82) is 0 Å². The quantitative estimate of drug-likeness (QED) is 0.596. The summed E-state index contributed by atoms with van der Waals surface area (Å²) in [5.74, 6) is 0.470. The molecular formula is C23H28N2O2S. The summed E-state index contributed by atoms with van der Waals surface area (Å²) in [4.78, 5) is 16.7. The highest BCUT2D eigenvalue weighted by Gasteiger charge is 2.16. The van der Waals surface area contributed by atoms with Crippen LogP contribution in [0.25, 0.3) is 10.2 Å². The summed E-state index contributed by atoms with van der Waals surface area (Å²) in [5.41, 5.74) is 3.55. The van der Waals surface area contributed by atoms with Crippen molar-refractivity contribution in [2.75, 3.05) is 11.9 Å². The van der Waals surface area contributed by atoms with Gasteiger partial charge in [0.05, 0.1) is 10.2 Å². The van der Waals surface area contributed by atoms with Crippen LogP contribution in [0.15, 0.2) is 42.5 Å². The SMILES string of the molecule is CC(C)(C)c1ccc(OCC(=O)Nc2nc3ccc(C(C)(C)C)cc3s2)cc1. The molecule has 4 nitrogen and oxygen atoms in total. The monoisotopic (exact) mass is 396 g/mol. The van der Waals surface area contributed by atoms with Crippen LogP contribution < -0.4 is 10.1 Å². The minimum atomic E-state index is -0.213. The molecule has 0 atom stereocenters. The Labute approximate surface area is 171 Å². The molecule has 0 saturated heterocycles. The van der Waals surface area contributed by atoms with Crippen molar-refractivity contribution in [2.24, 2.45) is 0 Å². The second kappa shape index (κ2) is 7.55. The fraction of sp³-hybridized carbons (Fsp3) is 0.391. The van der Waals surface area contributed by atoms with E-state index in [1.807, 2.05) is 30.3 Å². The standard InChI is InChI=1S/C23H28N2O2S/c1-22(2,3)15-7-10-17(11-8-15)27-14-20(26)25-21-24-18-12-9-16(23(4,5)6)13-19(18)28-21/h7-13H,14H2,1-6H3,(H,24,25,26). The van der Waals surface area contributed by atoms with Crippen LogP contribution in [0, 0.1) is 0 Å². The summed E-state index contributed by atoms with van der Waals surface area (Å²) in [5, 5.41) is 3.43. The highest BCUT2D eigenvalue weighted by atomic mass is 32.1. The number of carbonyl (C=O) groups excluding carboxylic acids is 1. The average Bonchev–Trinajstić information content (AvgIpc) is 3.00. The molecule has 1 heterocycles. The summed E-state index contributed by atoms with van der Waals surface area (Å²) < 4.78 is 6.68. The van der Waals surface area contributed by atoms with E-state index >= 15 is 0 Å². The Balaban J connectivity index is 1.61. The second-order valence-electron chi connectivity index (χ2n) is 9.06. The molecule has 5 heteroatoms. The number of benzene rings is 2. The van der Waals surface area contributed by atoms with Crippen molar-refractivity contribution >= 4 is 32.6 Å². The maximum atomic E-state index is 12.2. The van der Waals surface area contributed by atoms with Crippen LogP contribution in [0.3, 0.4) is 0 Å². The lowest BCUT2D eigenvalue weighted by Gasteiger charge is -2.19. The number of amides is 1. The number of ether oxygens (including phenoxy) is 1. The van der Waals surface area contributed by atoms with Gasteiger partial charge in [-0.1, -0.05) is 71.1 Å². The number of rotatable bonds is 4. The lowest BCUT2D eigenvalue weighted by atomic mass is 9.87. The predicted molar refractivity (Wildman–Crippen MR) is 118 cm³/mol. The fourth-order valence-corrected chi connectivity index (χ4v) is 3.72. The first-order valence-electron chi connectivity index (χ1n) is 9.47. The third-order valence-corrected chi connectivity index (χ3v) is 5.52. The summed E-state index contributed by atoms with van der Waals surface area (Å²) >= 11 is 1.48. The zero-order valence-corrected chi connectivity index (χ0v) is 18.2. The third kappa shape index (κ3) is 4.90. The van der Waals surface area contributed by atoms with Crippen LogP contribution in [0.2, 0.25) is 0 Å². The van der Waals surface area contributed by atoms with Gasteiger partial charge in [0.1, 0.15) is 5.75 Å². The molecule has 0 aliphatic rings. The molecule has 0 aliphatic heterocycles. The molecule has 0 unspecified atom stereocenters. The van der Waals surface area contributed by atoms with Crippen molar-refractivity contribution in [2.45, 2.75) is 52.4 Å². The molecule has 0 aliphatic carbocycles. The van der Waals surface area contributed by atoms with Crippen LogP contribution in [0.1, 0.15) is 52.7 Å². The van der Waals surface area contributed by atoms with Gasteiger partial charge in [-0.25, -0.2) is 4.98 Å². The van der Waals surface area contributed by atoms with Gasteiger partial charge in [0.25, 0.3) is 5.91 Å². The molecule has 2 aromatic carbocycles. The Morgan fingerprint density at radius 2 is 1.57 bits per heavy atom. The summed E-state index contributed by atoms with van der Waals surface area (Å²) in [6.07, 6.45) is 0. The Kier molecular flexibility index (Phi) is 5.48. The molecular weight excluding hydrogens is 368 g/mol. The number of fused-ring (bicyclic) bond motifs is 1. The topological polar surface area (TPSA) is 51.2 Å². The summed E-state index contributed by atoms with van der Waals surface area (Å²) in [6.45, 7) is 13.0. The van der Waals surface area contributed by atoms with E-state index < -0.39 is 0 Å². The molecule has 148 valence electrons. The number of aromatic nitrogens is 1. The van der Waals surface area contributed by atoms with Crippen molar-refractivity contribution in [3.05, 3.63) is 53.6 Å². The van der Waals surface area contributed by atoms with E-state index in [1.54, 1.807) is 0 Å². The molecule has 1 aromatic heterocycles. The molecule has 1 N–H and O–H groups in total. The smallest absolute Gasteiger partial charge is 0.264 e. The summed E-state index contributed by atoms with van der Waals surface area (Å²) in [7, 11) is 0. The Bertz CT molecular complexity index is 976. The molecule has 3 aromatic rings. The van der Waals surface area contributed by atoms with Crippen molar-refractivity contribution in [1.82, 2.24) is 4.98 Å². The van der Waals surface area contributed by atoms with Gasteiger partial charge in [-0.3, -0.25) is 10.1 Å². The molecule has 0 fully saturated rings. The van der Waals surface area contributed by atoms with Crippen LogP contribution in [-0.4, -0.2) is 17.5 Å². The van der Waals surface area contributed by atoms with E-state index in [0.29, 0.717) is 10.9 Å². The number of nitrogens with zero attached hydrogens (tertiary/aromatic N) is 1. The van der Waals surface area contributed by atoms with Gasteiger partial charge >= 0.3 is 0 Å². The number of nitrogens with one attached hydrogen (secondary N) is 1. The third-order valence-electron chi connectivity index (χ3n) is 4.59. The van der Waals surface area contributed by atoms with Crippen molar-refractivity contribution < 1.29 is 9.53 Å². The Hall–Kier alpha value is -2.40. The van der Waals surface area contributed by atoms with Gasteiger partial charge < -0.3 is 4.74 Å². The largest absolute Gasteiger partial charge is 0.484 e. The fourth-order valence-electron chi connectivity index (χ4n) is 2.80. The normalized spacial score (nSPS) is 12.2. The summed E-state index contributed by atoms with van der Waals surface area (Å²) in [6, 6.07) is 14.1. The number of carbonyl (C=O) groups is 1. The van der Waals surface area contributed by atoms with Gasteiger partial charge in [-0.15, -0.1) is 0 Å². The second-order valence-corrected chi connectivity index (χ2v) is 10.1. The lowest BCUT2D eigenvalue weighted by Crippen LogP contribution is -2.20. The molecule has 1 amide bonds. The average molecular weight is 397 g/mol. The van der Waals surface area contributed by atoms with E-state index in [1.165, 1.54) is 22.5 Å². The lowest BCUT2D eigenvalue weighted by molar-refractivity contribution is -0.118. The molecule has 0 bridgehead atoms. The molecule has 3 rings (SSSR count). The maximum Gasteiger partial charge on any atom is 0.264 e. The predicted octanol–water partition coefficient (Wildman–Crippen LogP) is 5.91. The van der Waals surface area contributed by atoms with E-state index in [2.05, 4.69) is 64.0 Å². The van der Waals surface area contributed by atoms with Gasteiger partial charge in [0.2, 0.25) is 0 Å². The van der Waals surface area contributed by atoms with Gasteiger partial charge in [0, 0.05) is 0 Å². The van der Waals surface area contributed by atoms with Crippen molar-refractivity contribution in [3.63, 3.8) is 0 Å². The van der Waals surface area contributed by atoms with E-state index in [4.69, 9.17) is 4.74 Å². The number of hydrogen-bond acceptors (Lipinski definition) is 4. The minimum Gasteiger partial charge on any atom is -0.484 e. The van der Waals surface area contributed by atoms with Gasteiger partial charge in [-0.05, 0) is 46.2 Å². The Morgan fingerprint density at radius 3 is 2.18 bits per heavy atom. The number of anilines is 1. The first kappa shape index (κ1) is 20.3. The van der Waals surface area contributed by atoms with Gasteiger partial charge in [-0.2, -0.15) is 0 Å². The molecule has 0 saturated carbocycles. The van der Waals surface area contributed by atoms with E-state index in [0.717, 1.165) is 10.2 Å². The zero-order valence-electron chi connectivity index (χ0n) is 17.4. The molecule has 0 radical (unpaired) electrons. The van der Waals surface area contributed by atoms with Crippen LogP contribution in [0.5, 0.6) is 5.75 Å². The minimum absolute atomic E-state index is 0.0436. The highest BCUT2D eigenvalue weighted by molar-refractivity contribution is 7.22. The van der Waals surface area contributed by atoms with E-state index in [9.17, 15) is 4.79 Å². The maximum absolute atomic E-state index is 12.2. The number of hydrogen-bond donors (Lipinski definition) is 1. The van der Waals surface area contributed by atoms with Crippen LogP contribution >= 0.6 is 11.3 Å². The first-order valence-corrected chi connectivity index (χ1v) is 10.3.